The molecule has 24 heavy (non-hydrogen) atoms. The van der Waals surface area contributed by atoms with Gasteiger partial charge in [0.25, 0.3) is 0 Å². The van der Waals surface area contributed by atoms with Crippen molar-refractivity contribution in [3.8, 4) is 0 Å². The number of hydrogen-bond donors (Lipinski definition) is 2. The first-order valence-electron chi connectivity index (χ1n) is 8.74. The lowest BCUT2D eigenvalue weighted by atomic mass is 10.3. The number of benzene rings is 1. The molecular weight excluding hydrogens is 325 g/mol. The zero-order chi connectivity index (χ0) is 17.5. The molecule has 2 N–H and O–H groups in total. The summed E-state index contributed by atoms with van der Waals surface area (Å²) >= 11 is 1.73. The molecule has 4 nitrogen and oxygen atoms in total. The van der Waals surface area contributed by atoms with Gasteiger partial charge in [0.1, 0.15) is 5.82 Å². The fourth-order valence-corrected chi connectivity index (χ4v) is 2.84. The molecule has 0 radical (unpaired) electrons. The minimum Gasteiger partial charge on any atom is -0.382 e. The van der Waals surface area contributed by atoms with E-state index in [0.29, 0.717) is 0 Å². The topological polar surface area (TPSA) is 45.7 Å². The van der Waals surface area contributed by atoms with Crippen LogP contribution in [0.1, 0.15) is 33.1 Å². The number of nitrogens with one attached hydrogen (secondary N) is 2. The second-order valence-corrected chi connectivity index (χ2v) is 6.42. The SMILES string of the molecule is CCNC(=NCCCSc1ccc(F)cc1)NCCCCOCC. The minimum atomic E-state index is -0.188. The second-order valence-electron chi connectivity index (χ2n) is 5.25. The molecule has 136 valence electrons. The van der Waals surface area contributed by atoms with E-state index in [9.17, 15) is 4.39 Å². The monoisotopic (exact) mass is 355 g/mol. The lowest BCUT2D eigenvalue weighted by Crippen LogP contribution is -2.38. The molecule has 0 atom stereocenters. The van der Waals surface area contributed by atoms with Gasteiger partial charge in [0, 0.05) is 37.7 Å². The van der Waals surface area contributed by atoms with Gasteiger partial charge in [-0.2, -0.15) is 0 Å². The van der Waals surface area contributed by atoms with Crippen LogP contribution in [0.4, 0.5) is 4.39 Å². The minimum absolute atomic E-state index is 0.188. The number of halogens is 1. The van der Waals surface area contributed by atoms with Crippen LogP contribution in [0.3, 0.4) is 0 Å². The maximum Gasteiger partial charge on any atom is 0.191 e. The highest BCUT2D eigenvalue weighted by atomic mass is 32.2. The highest BCUT2D eigenvalue weighted by Gasteiger charge is 1.98. The Kier molecular flexibility index (Phi) is 12.2. The number of rotatable bonds is 12. The summed E-state index contributed by atoms with van der Waals surface area (Å²) in [6, 6.07) is 6.63. The molecule has 0 aliphatic heterocycles. The summed E-state index contributed by atoms with van der Waals surface area (Å²) < 4.78 is 18.2. The van der Waals surface area contributed by atoms with E-state index >= 15 is 0 Å². The molecule has 0 spiro atoms. The number of thioether (sulfide) groups is 1. The second kappa shape index (κ2) is 14.1. The molecule has 0 fully saturated rings. The Morgan fingerprint density at radius 3 is 2.62 bits per heavy atom. The zero-order valence-electron chi connectivity index (χ0n) is 14.8. The zero-order valence-corrected chi connectivity index (χ0v) is 15.6. The molecule has 1 aromatic rings. The van der Waals surface area contributed by atoms with Crippen molar-refractivity contribution in [2.45, 2.75) is 38.0 Å². The van der Waals surface area contributed by atoms with Crippen LogP contribution in [-0.4, -0.2) is 44.6 Å². The van der Waals surface area contributed by atoms with Gasteiger partial charge in [-0.1, -0.05) is 0 Å². The van der Waals surface area contributed by atoms with Crippen LogP contribution in [0, 0.1) is 5.82 Å². The Labute approximate surface area is 149 Å². The molecule has 0 saturated heterocycles. The van der Waals surface area contributed by atoms with E-state index in [0.717, 1.165) is 68.7 Å². The van der Waals surface area contributed by atoms with Gasteiger partial charge in [0.05, 0.1) is 0 Å². The third kappa shape index (κ3) is 10.5. The van der Waals surface area contributed by atoms with Crippen molar-refractivity contribution in [3.63, 3.8) is 0 Å². The van der Waals surface area contributed by atoms with Gasteiger partial charge >= 0.3 is 0 Å². The maximum absolute atomic E-state index is 12.8. The lowest BCUT2D eigenvalue weighted by Gasteiger charge is -2.11. The van der Waals surface area contributed by atoms with Crippen LogP contribution in [0.25, 0.3) is 0 Å². The number of guanidine groups is 1. The van der Waals surface area contributed by atoms with Gasteiger partial charge in [-0.15, -0.1) is 11.8 Å². The number of ether oxygens (including phenoxy) is 1. The molecule has 0 amide bonds. The third-order valence-electron chi connectivity index (χ3n) is 3.21. The molecule has 1 rings (SSSR count). The van der Waals surface area contributed by atoms with Crippen molar-refractivity contribution in [3.05, 3.63) is 30.1 Å². The summed E-state index contributed by atoms with van der Waals surface area (Å²) in [7, 11) is 0. The van der Waals surface area contributed by atoms with Gasteiger partial charge < -0.3 is 15.4 Å². The smallest absolute Gasteiger partial charge is 0.191 e. The Balaban J connectivity index is 2.16. The van der Waals surface area contributed by atoms with Gasteiger partial charge in [-0.25, -0.2) is 4.39 Å². The molecule has 0 aliphatic carbocycles. The number of aliphatic imine (C=N–C) groups is 1. The van der Waals surface area contributed by atoms with Crippen LogP contribution in [0.15, 0.2) is 34.2 Å². The summed E-state index contributed by atoms with van der Waals surface area (Å²) in [5.41, 5.74) is 0. The number of nitrogens with zero attached hydrogens (tertiary/aromatic N) is 1. The van der Waals surface area contributed by atoms with E-state index < -0.39 is 0 Å². The Morgan fingerprint density at radius 2 is 1.92 bits per heavy atom. The fourth-order valence-electron chi connectivity index (χ4n) is 2.00. The lowest BCUT2D eigenvalue weighted by molar-refractivity contribution is 0.143. The number of hydrogen-bond acceptors (Lipinski definition) is 3. The first-order chi connectivity index (χ1) is 11.8. The van der Waals surface area contributed by atoms with Crippen molar-refractivity contribution >= 4 is 17.7 Å². The summed E-state index contributed by atoms with van der Waals surface area (Å²) in [5, 5.41) is 6.61. The molecule has 0 heterocycles. The molecular formula is C18H30FN3OS. The Bertz CT molecular complexity index is 454. The summed E-state index contributed by atoms with van der Waals surface area (Å²) in [6.07, 6.45) is 3.13. The largest absolute Gasteiger partial charge is 0.382 e. The van der Waals surface area contributed by atoms with Crippen LogP contribution >= 0.6 is 11.8 Å². The van der Waals surface area contributed by atoms with E-state index in [2.05, 4.69) is 22.5 Å². The predicted molar refractivity (Wildman–Crippen MR) is 101 cm³/mol. The van der Waals surface area contributed by atoms with E-state index in [4.69, 9.17) is 4.74 Å². The van der Waals surface area contributed by atoms with Gasteiger partial charge in [0.2, 0.25) is 0 Å². The van der Waals surface area contributed by atoms with Crippen LogP contribution in [-0.2, 0) is 4.74 Å². The molecule has 0 aromatic heterocycles. The summed E-state index contributed by atoms with van der Waals surface area (Å²) in [5.74, 6) is 1.66. The van der Waals surface area contributed by atoms with Crippen LogP contribution in [0.5, 0.6) is 0 Å². The Morgan fingerprint density at radius 1 is 1.12 bits per heavy atom. The maximum atomic E-state index is 12.8. The average Bonchev–Trinajstić information content (AvgIpc) is 2.59. The third-order valence-corrected chi connectivity index (χ3v) is 4.31. The quantitative estimate of drug-likeness (QED) is 0.260. The highest BCUT2D eigenvalue weighted by molar-refractivity contribution is 7.99. The molecule has 0 aliphatic rings. The van der Waals surface area contributed by atoms with E-state index in [1.165, 1.54) is 12.1 Å². The fraction of sp³-hybridized carbons (Fsp3) is 0.611. The summed E-state index contributed by atoms with van der Waals surface area (Å²) in [6.45, 7) is 8.24. The molecule has 0 unspecified atom stereocenters. The molecule has 6 heteroatoms. The van der Waals surface area contributed by atoms with Crippen molar-refractivity contribution in [2.75, 3.05) is 38.6 Å². The molecule has 1 aromatic carbocycles. The molecule has 0 bridgehead atoms. The van der Waals surface area contributed by atoms with Crippen molar-refractivity contribution in [1.82, 2.24) is 10.6 Å². The number of unbranched alkanes of at least 4 members (excludes halogenated alkanes) is 1. The first-order valence-corrected chi connectivity index (χ1v) is 9.73. The van der Waals surface area contributed by atoms with E-state index in [-0.39, 0.29) is 5.82 Å². The predicted octanol–water partition coefficient (Wildman–Crippen LogP) is 3.68. The van der Waals surface area contributed by atoms with Crippen molar-refractivity contribution < 1.29 is 9.13 Å². The van der Waals surface area contributed by atoms with E-state index in [1.807, 2.05) is 19.1 Å². The van der Waals surface area contributed by atoms with Gasteiger partial charge in [-0.3, -0.25) is 4.99 Å². The average molecular weight is 356 g/mol. The van der Waals surface area contributed by atoms with Crippen molar-refractivity contribution in [2.24, 2.45) is 4.99 Å². The first kappa shape index (κ1) is 20.8. The van der Waals surface area contributed by atoms with Crippen LogP contribution in [0.2, 0.25) is 0 Å². The van der Waals surface area contributed by atoms with Crippen molar-refractivity contribution in [1.29, 1.82) is 0 Å². The summed E-state index contributed by atoms with van der Waals surface area (Å²) in [4.78, 5) is 5.68. The highest BCUT2D eigenvalue weighted by Crippen LogP contribution is 2.18. The normalized spacial score (nSPS) is 11.5. The van der Waals surface area contributed by atoms with Crippen LogP contribution < -0.4 is 10.6 Å². The van der Waals surface area contributed by atoms with Gasteiger partial charge in [0.15, 0.2) is 5.96 Å². The Hall–Kier alpha value is -1.27. The van der Waals surface area contributed by atoms with Gasteiger partial charge in [-0.05, 0) is 63.1 Å². The van der Waals surface area contributed by atoms with E-state index in [1.54, 1.807) is 11.8 Å². The molecule has 0 saturated carbocycles. The standard InChI is InChI=1S/C18H30FN3OS/c1-3-20-18(21-12-5-6-14-23-4-2)22-13-7-15-24-17-10-8-16(19)9-11-17/h8-11H,3-7,12-15H2,1-2H3,(H2,20,21,22).